The van der Waals surface area contributed by atoms with Gasteiger partial charge >= 0.3 is 0 Å². The van der Waals surface area contributed by atoms with Gasteiger partial charge in [-0.1, -0.05) is 43.7 Å². The van der Waals surface area contributed by atoms with Crippen LogP contribution in [0.25, 0.3) is 0 Å². The van der Waals surface area contributed by atoms with Crippen LogP contribution >= 0.6 is 0 Å². The van der Waals surface area contributed by atoms with E-state index in [0.717, 1.165) is 26.2 Å². The van der Waals surface area contributed by atoms with Gasteiger partial charge in [-0.05, 0) is 24.8 Å². The molecule has 21 heavy (non-hydrogen) atoms. The molecule has 2 saturated heterocycles. The maximum atomic E-state index is 5.86. The quantitative estimate of drug-likeness (QED) is 0.901. The van der Waals surface area contributed by atoms with Crippen LogP contribution in [0.2, 0.25) is 0 Å². The van der Waals surface area contributed by atoms with Gasteiger partial charge < -0.3 is 10.1 Å². The first-order chi connectivity index (χ1) is 10.4. The van der Waals surface area contributed by atoms with E-state index in [1.165, 1.54) is 31.2 Å². The van der Waals surface area contributed by atoms with Gasteiger partial charge in [-0.2, -0.15) is 0 Å². The van der Waals surface area contributed by atoms with Crippen LogP contribution in [-0.4, -0.2) is 43.3 Å². The third-order valence-electron chi connectivity index (χ3n) is 4.82. The fourth-order valence-electron chi connectivity index (χ4n) is 3.66. The maximum absolute atomic E-state index is 5.86. The van der Waals surface area contributed by atoms with Crippen molar-refractivity contribution in [2.75, 3.05) is 26.2 Å². The lowest BCUT2D eigenvalue weighted by atomic mass is 9.99. The van der Waals surface area contributed by atoms with Gasteiger partial charge in [0.25, 0.3) is 0 Å². The van der Waals surface area contributed by atoms with Gasteiger partial charge in [-0.25, -0.2) is 0 Å². The second-order valence-electron chi connectivity index (χ2n) is 6.40. The van der Waals surface area contributed by atoms with Crippen LogP contribution in [-0.2, 0) is 4.74 Å². The molecule has 1 N–H and O–H groups in total. The first kappa shape index (κ1) is 15.0. The standard InChI is InChI=1S/C18H28N2O/c1-2-7-16-12-19-18(15-8-4-3-5-9-15)14-20(16)13-17-10-6-11-21-17/h3-5,8-9,16-19H,2,6-7,10-14H2,1H3. The molecule has 0 aromatic heterocycles. The van der Waals surface area contributed by atoms with E-state index in [-0.39, 0.29) is 0 Å². The van der Waals surface area contributed by atoms with Crippen molar-refractivity contribution in [2.45, 2.75) is 50.8 Å². The molecule has 3 unspecified atom stereocenters. The highest BCUT2D eigenvalue weighted by atomic mass is 16.5. The molecular formula is C18H28N2O. The summed E-state index contributed by atoms with van der Waals surface area (Å²) in [7, 11) is 0. The summed E-state index contributed by atoms with van der Waals surface area (Å²) in [5, 5.41) is 3.74. The number of rotatable bonds is 5. The lowest BCUT2D eigenvalue weighted by molar-refractivity contribution is 0.0367. The number of benzene rings is 1. The molecule has 116 valence electrons. The summed E-state index contributed by atoms with van der Waals surface area (Å²) in [5.41, 5.74) is 1.41. The van der Waals surface area contributed by atoms with Crippen LogP contribution in [0.5, 0.6) is 0 Å². The molecule has 2 fully saturated rings. The van der Waals surface area contributed by atoms with Gasteiger partial charge in [0.15, 0.2) is 0 Å². The molecule has 0 saturated carbocycles. The van der Waals surface area contributed by atoms with Crippen LogP contribution in [0.15, 0.2) is 30.3 Å². The number of ether oxygens (including phenoxy) is 1. The Balaban J connectivity index is 1.65. The smallest absolute Gasteiger partial charge is 0.0702 e. The third kappa shape index (κ3) is 3.85. The Morgan fingerprint density at radius 2 is 2.14 bits per heavy atom. The normalized spacial score (nSPS) is 30.6. The van der Waals surface area contributed by atoms with Gasteiger partial charge in [-0.15, -0.1) is 0 Å². The molecule has 2 aliphatic rings. The Hall–Kier alpha value is -0.900. The highest BCUT2D eigenvalue weighted by Crippen LogP contribution is 2.24. The van der Waals surface area contributed by atoms with E-state index in [0.29, 0.717) is 18.2 Å². The molecule has 1 aromatic carbocycles. The highest BCUT2D eigenvalue weighted by Gasteiger charge is 2.30. The number of hydrogen-bond acceptors (Lipinski definition) is 3. The molecule has 0 amide bonds. The largest absolute Gasteiger partial charge is 0.377 e. The summed E-state index contributed by atoms with van der Waals surface area (Å²) >= 11 is 0. The maximum Gasteiger partial charge on any atom is 0.0702 e. The zero-order chi connectivity index (χ0) is 14.5. The molecule has 3 atom stereocenters. The molecule has 3 nitrogen and oxygen atoms in total. The number of nitrogens with zero attached hydrogens (tertiary/aromatic N) is 1. The Morgan fingerprint density at radius 1 is 1.29 bits per heavy atom. The Bertz CT molecular complexity index is 416. The molecule has 2 heterocycles. The first-order valence-corrected chi connectivity index (χ1v) is 8.50. The molecule has 0 spiro atoms. The highest BCUT2D eigenvalue weighted by molar-refractivity contribution is 5.20. The summed E-state index contributed by atoms with van der Waals surface area (Å²) in [6.45, 7) is 6.55. The first-order valence-electron chi connectivity index (χ1n) is 8.50. The summed E-state index contributed by atoms with van der Waals surface area (Å²) < 4.78 is 5.86. The Morgan fingerprint density at radius 3 is 2.86 bits per heavy atom. The van der Waals surface area contributed by atoms with E-state index in [1.54, 1.807) is 0 Å². The van der Waals surface area contributed by atoms with Crippen molar-refractivity contribution in [3.63, 3.8) is 0 Å². The van der Waals surface area contributed by atoms with Gasteiger partial charge in [-0.3, -0.25) is 4.90 Å². The zero-order valence-electron chi connectivity index (χ0n) is 13.1. The summed E-state index contributed by atoms with van der Waals surface area (Å²) in [5.74, 6) is 0. The van der Waals surface area contributed by atoms with Crippen molar-refractivity contribution in [2.24, 2.45) is 0 Å². The topological polar surface area (TPSA) is 24.5 Å². The third-order valence-corrected chi connectivity index (χ3v) is 4.82. The van der Waals surface area contributed by atoms with Crippen molar-refractivity contribution >= 4 is 0 Å². The predicted octanol–water partition coefficient (Wildman–Crippen LogP) is 2.98. The molecule has 3 rings (SSSR count). The van der Waals surface area contributed by atoms with E-state index in [2.05, 4.69) is 47.5 Å². The predicted molar refractivity (Wildman–Crippen MR) is 86.4 cm³/mol. The van der Waals surface area contributed by atoms with Crippen LogP contribution < -0.4 is 5.32 Å². The molecule has 1 aromatic rings. The Labute approximate surface area is 128 Å². The van der Waals surface area contributed by atoms with Crippen LogP contribution in [0.1, 0.15) is 44.2 Å². The van der Waals surface area contributed by atoms with E-state index in [9.17, 15) is 0 Å². The molecular weight excluding hydrogens is 260 g/mol. The van der Waals surface area contributed by atoms with Crippen LogP contribution in [0, 0.1) is 0 Å². The van der Waals surface area contributed by atoms with Crippen molar-refractivity contribution in [1.29, 1.82) is 0 Å². The minimum atomic E-state index is 0.457. The summed E-state index contributed by atoms with van der Waals surface area (Å²) in [6.07, 6.45) is 5.46. The SMILES string of the molecule is CCCC1CNC(c2ccccc2)CN1CC1CCCO1. The minimum absolute atomic E-state index is 0.457. The Kier molecular flexibility index (Phi) is 5.28. The van der Waals surface area contributed by atoms with Gasteiger partial charge in [0.05, 0.1) is 6.10 Å². The van der Waals surface area contributed by atoms with E-state index in [4.69, 9.17) is 4.74 Å². The molecule has 0 aliphatic carbocycles. The van der Waals surface area contributed by atoms with E-state index in [1.807, 2.05) is 0 Å². The van der Waals surface area contributed by atoms with Gasteiger partial charge in [0.2, 0.25) is 0 Å². The second-order valence-corrected chi connectivity index (χ2v) is 6.40. The van der Waals surface area contributed by atoms with Crippen LogP contribution in [0.3, 0.4) is 0 Å². The lowest BCUT2D eigenvalue weighted by Crippen LogP contribution is -2.54. The van der Waals surface area contributed by atoms with Gasteiger partial charge in [0.1, 0.15) is 0 Å². The number of nitrogens with one attached hydrogen (secondary N) is 1. The van der Waals surface area contributed by atoms with E-state index >= 15 is 0 Å². The molecule has 0 radical (unpaired) electrons. The average molecular weight is 288 g/mol. The van der Waals surface area contributed by atoms with Crippen molar-refractivity contribution in [3.05, 3.63) is 35.9 Å². The van der Waals surface area contributed by atoms with Gasteiger partial charge in [0, 0.05) is 38.3 Å². The monoisotopic (exact) mass is 288 g/mol. The average Bonchev–Trinajstić information content (AvgIpc) is 3.03. The van der Waals surface area contributed by atoms with Crippen molar-refractivity contribution in [3.8, 4) is 0 Å². The number of piperazine rings is 1. The van der Waals surface area contributed by atoms with Crippen LogP contribution in [0.4, 0.5) is 0 Å². The minimum Gasteiger partial charge on any atom is -0.377 e. The molecule has 3 heteroatoms. The fourth-order valence-corrected chi connectivity index (χ4v) is 3.66. The zero-order valence-corrected chi connectivity index (χ0v) is 13.1. The summed E-state index contributed by atoms with van der Waals surface area (Å²) in [6, 6.07) is 12.0. The molecule has 0 bridgehead atoms. The molecule has 2 aliphatic heterocycles. The summed E-state index contributed by atoms with van der Waals surface area (Å²) in [4.78, 5) is 2.67. The number of hydrogen-bond donors (Lipinski definition) is 1. The lowest BCUT2D eigenvalue weighted by Gasteiger charge is -2.41. The van der Waals surface area contributed by atoms with Crippen molar-refractivity contribution < 1.29 is 4.74 Å². The fraction of sp³-hybridized carbons (Fsp3) is 0.667. The second kappa shape index (κ2) is 7.39. The van der Waals surface area contributed by atoms with E-state index < -0.39 is 0 Å². The van der Waals surface area contributed by atoms with Crippen molar-refractivity contribution in [1.82, 2.24) is 10.2 Å².